The Morgan fingerprint density at radius 2 is 2.00 bits per heavy atom. The first-order chi connectivity index (χ1) is 3.93. The number of rotatable bonds is 1. The van der Waals surface area contributed by atoms with Gasteiger partial charge in [-0.2, -0.15) is 0 Å². The average molecular weight is 109 g/mol. The minimum Gasteiger partial charge on any atom is -0.411 e. The van der Waals surface area contributed by atoms with Gasteiger partial charge in [0.1, 0.15) is 0 Å². The van der Waals surface area contributed by atoms with Crippen LogP contribution in [0.3, 0.4) is 0 Å². The van der Waals surface area contributed by atoms with Crippen LogP contribution in [0.2, 0.25) is 0 Å². The molecule has 1 rings (SSSR count). The quantitative estimate of drug-likeness (QED) is 0.306. The zero-order valence-corrected chi connectivity index (χ0v) is 4.36. The molecule has 1 aliphatic carbocycles. The molecule has 2 nitrogen and oxygen atoms in total. The number of oxime groups is 1. The fraction of sp³-hybridized carbons (Fsp3) is 0.167. The van der Waals surface area contributed by atoms with Crippen LogP contribution in [0.25, 0.3) is 0 Å². The summed E-state index contributed by atoms with van der Waals surface area (Å²) in [5.41, 5.74) is 0. The summed E-state index contributed by atoms with van der Waals surface area (Å²) in [5, 5.41) is 10.9. The van der Waals surface area contributed by atoms with Crippen LogP contribution in [0.1, 0.15) is 0 Å². The van der Waals surface area contributed by atoms with Crippen molar-refractivity contribution in [3.05, 3.63) is 24.3 Å². The Bertz CT molecular complexity index is 135. The monoisotopic (exact) mass is 109 g/mol. The predicted molar refractivity (Wildman–Crippen MR) is 32.0 cm³/mol. The molecule has 0 amide bonds. The van der Waals surface area contributed by atoms with E-state index in [1.807, 2.05) is 24.3 Å². The highest BCUT2D eigenvalue weighted by Crippen LogP contribution is 2.04. The van der Waals surface area contributed by atoms with E-state index in [9.17, 15) is 0 Å². The maximum absolute atomic E-state index is 8.03. The van der Waals surface area contributed by atoms with Gasteiger partial charge in [0.2, 0.25) is 0 Å². The van der Waals surface area contributed by atoms with Crippen LogP contribution < -0.4 is 0 Å². The van der Waals surface area contributed by atoms with E-state index in [-0.39, 0.29) is 5.92 Å². The maximum Gasteiger partial charge on any atom is 0.0542 e. The second-order valence-electron chi connectivity index (χ2n) is 1.61. The Hall–Kier alpha value is -1.05. The van der Waals surface area contributed by atoms with Gasteiger partial charge in [-0.05, 0) is 0 Å². The van der Waals surface area contributed by atoms with Crippen molar-refractivity contribution < 1.29 is 5.21 Å². The van der Waals surface area contributed by atoms with Gasteiger partial charge >= 0.3 is 0 Å². The summed E-state index contributed by atoms with van der Waals surface area (Å²) >= 11 is 0. The first-order valence-corrected chi connectivity index (χ1v) is 2.46. The van der Waals surface area contributed by atoms with E-state index in [1.165, 1.54) is 6.21 Å². The van der Waals surface area contributed by atoms with E-state index in [1.54, 1.807) is 0 Å². The molecule has 0 aliphatic heterocycles. The van der Waals surface area contributed by atoms with Crippen LogP contribution >= 0.6 is 0 Å². The summed E-state index contributed by atoms with van der Waals surface area (Å²) in [6.07, 6.45) is 9.21. The lowest BCUT2D eigenvalue weighted by atomic mass is 10.2. The van der Waals surface area contributed by atoms with E-state index in [2.05, 4.69) is 5.16 Å². The lowest BCUT2D eigenvalue weighted by molar-refractivity contribution is 0.320. The van der Waals surface area contributed by atoms with Gasteiger partial charge in [0, 0.05) is 5.92 Å². The Morgan fingerprint density at radius 3 is 2.50 bits per heavy atom. The van der Waals surface area contributed by atoms with Gasteiger partial charge in [-0.3, -0.25) is 0 Å². The molecule has 0 heterocycles. The largest absolute Gasteiger partial charge is 0.411 e. The van der Waals surface area contributed by atoms with Crippen molar-refractivity contribution in [1.29, 1.82) is 0 Å². The van der Waals surface area contributed by atoms with Gasteiger partial charge in [-0.15, -0.1) is 5.16 Å². The van der Waals surface area contributed by atoms with Gasteiger partial charge in [-0.25, -0.2) is 0 Å². The summed E-state index contributed by atoms with van der Waals surface area (Å²) < 4.78 is 0. The molecule has 42 valence electrons. The number of hydrogen-bond donors (Lipinski definition) is 1. The first kappa shape index (κ1) is 5.09. The fourth-order valence-corrected chi connectivity index (χ4v) is 0.625. The van der Waals surface area contributed by atoms with Crippen LogP contribution in [0.5, 0.6) is 0 Å². The second-order valence-corrected chi connectivity index (χ2v) is 1.61. The molecule has 1 aliphatic rings. The van der Waals surface area contributed by atoms with Crippen molar-refractivity contribution >= 4 is 6.21 Å². The lowest BCUT2D eigenvalue weighted by Gasteiger charge is -1.87. The molecule has 0 aromatic rings. The minimum atomic E-state index is 0.208. The van der Waals surface area contributed by atoms with Crippen LogP contribution in [0.15, 0.2) is 29.5 Å². The maximum atomic E-state index is 8.03. The lowest BCUT2D eigenvalue weighted by Crippen LogP contribution is -1.87. The summed E-state index contributed by atoms with van der Waals surface area (Å²) in [5.74, 6) is 0.208. The molecule has 0 atom stereocenters. The normalized spacial score (nSPS) is 19.0. The molecule has 0 spiro atoms. The fourth-order valence-electron chi connectivity index (χ4n) is 0.625. The topological polar surface area (TPSA) is 32.6 Å². The molecule has 0 saturated heterocycles. The molecule has 0 aromatic carbocycles. The number of nitrogens with zero attached hydrogens (tertiary/aromatic N) is 1. The SMILES string of the molecule is O/N=C\C1C=CC=C1. The average Bonchev–Trinajstić information content (AvgIpc) is 2.19. The standard InChI is InChI=1S/C6H7NO/c8-7-5-6-3-1-2-4-6/h1-6,8H/b7-5-. The highest BCUT2D eigenvalue weighted by atomic mass is 16.4. The highest BCUT2D eigenvalue weighted by molar-refractivity contribution is 5.66. The Labute approximate surface area is 47.8 Å². The zero-order chi connectivity index (χ0) is 5.82. The highest BCUT2D eigenvalue weighted by Gasteiger charge is 1.96. The smallest absolute Gasteiger partial charge is 0.0542 e. The van der Waals surface area contributed by atoms with Crippen molar-refractivity contribution in [1.82, 2.24) is 0 Å². The molecule has 0 bridgehead atoms. The van der Waals surface area contributed by atoms with Crippen molar-refractivity contribution in [2.24, 2.45) is 11.1 Å². The third-order valence-corrected chi connectivity index (χ3v) is 1.02. The molecule has 2 heteroatoms. The van der Waals surface area contributed by atoms with Crippen LogP contribution in [0, 0.1) is 5.92 Å². The van der Waals surface area contributed by atoms with Gasteiger partial charge in [-0.1, -0.05) is 24.3 Å². The van der Waals surface area contributed by atoms with Crippen LogP contribution in [-0.2, 0) is 0 Å². The summed E-state index contributed by atoms with van der Waals surface area (Å²) in [6, 6.07) is 0. The van der Waals surface area contributed by atoms with Gasteiger partial charge in [0.15, 0.2) is 0 Å². The molecule has 1 N–H and O–H groups in total. The molecule has 0 aromatic heterocycles. The molecule has 0 radical (unpaired) electrons. The molecular formula is C6H7NO. The summed E-state index contributed by atoms with van der Waals surface area (Å²) in [7, 11) is 0. The van der Waals surface area contributed by atoms with Gasteiger partial charge in [0.25, 0.3) is 0 Å². The van der Waals surface area contributed by atoms with Gasteiger partial charge < -0.3 is 5.21 Å². The van der Waals surface area contributed by atoms with Crippen molar-refractivity contribution in [2.75, 3.05) is 0 Å². The summed E-state index contributed by atoms with van der Waals surface area (Å²) in [4.78, 5) is 0. The second kappa shape index (κ2) is 2.31. The van der Waals surface area contributed by atoms with E-state index >= 15 is 0 Å². The molecular weight excluding hydrogens is 102 g/mol. The molecule has 0 fully saturated rings. The van der Waals surface area contributed by atoms with Crippen molar-refractivity contribution in [3.8, 4) is 0 Å². The predicted octanol–water partition coefficient (Wildman–Crippen LogP) is 1.19. The van der Waals surface area contributed by atoms with E-state index < -0.39 is 0 Å². The Balaban J connectivity index is 2.49. The van der Waals surface area contributed by atoms with Crippen LogP contribution in [0.4, 0.5) is 0 Å². The number of allylic oxidation sites excluding steroid dienone is 4. The zero-order valence-electron chi connectivity index (χ0n) is 4.36. The molecule has 0 unspecified atom stereocenters. The van der Waals surface area contributed by atoms with Crippen molar-refractivity contribution in [3.63, 3.8) is 0 Å². The van der Waals surface area contributed by atoms with E-state index in [0.29, 0.717) is 0 Å². The third kappa shape index (κ3) is 0.964. The van der Waals surface area contributed by atoms with Crippen molar-refractivity contribution in [2.45, 2.75) is 0 Å². The third-order valence-electron chi connectivity index (χ3n) is 1.02. The first-order valence-electron chi connectivity index (χ1n) is 2.46. The Kier molecular flexibility index (Phi) is 1.47. The number of hydrogen-bond acceptors (Lipinski definition) is 2. The van der Waals surface area contributed by atoms with Crippen LogP contribution in [-0.4, -0.2) is 11.4 Å². The molecule has 8 heavy (non-hydrogen) atoms. The summed E-state index contributed by atoms with van der Waals surface area (Å²) in [6.45, 7) is 0. The minimum absolute atomic E-state index is 0.208. The molecule has 0 saturated carbocycles. The Morgan fingerprint density at radius 1 is 1.38 bits per heavy atom. The van der Waals surface area contributed by atoms with Gasteiger partial charge in [0.05, 0.1) is 6.21 Å². The van der Waals surface area contributed by atoms with E-state index in [4.69, 9.17) is 5.21 Å². The van der Waals surface area contributed by atoms with E-state index in [0.717, 1.165) is 0 Å².